The van der Waals surface area contributed by atoms with Crippen molar-refractivity contribution in [1.82, 2.24) is 25.0 Å². The van der Waals surface area contributed by atoms with Gasteiger partial charge in [0.15, 0.2) is 0 Å². The molecule has 1 aromatic heterocycles. The van der Waals surface area contributed by atoms with Crippen molar-refractivity contribution in [2.24, 2.45) is 0 Å². The Kier molecular flexibility index (Phi) is 4.69. The van der Waals surface area contributed by atoms with E-state index in [1.807, 2.05) is 17.7 Å². The van der Waals surface area contributed by atoms with Gasteiger partial charge in [-0.2, -0.15) is 10.4 Å². The van der Waals surface area contributed by atoms with E-state index in [9.17, 15) is 4.79 Å². The summed E-state index contributed by atoms with van der Waals surface area (Å²) in [6.45, 7) is 3.43. The molecule has 1 aliphatic heterocycles. The van der Waals surface area contributed by atoms with Crippen LogP contribution in [0.4, 0.5) is 0 Å². The van der Waals surface area contributed by atoms with Crippen molar-refractivity contribution in [3.05, 3.63) is 11.6 Å². The van der Waals surface area contributed by atoms with Gasteiger partial charge in [-0.05, 0) is 13.3 Å². The summed E-state index contributed by atoms with van der Waals surface area (Å²) >= 11 is 0. The van der Waals surface area contributed by atoms with Crippen molar-refractivity contribution in [1.29, 1.82) is 5.26 Å². The molecule has 0 saturated carbocycles. The van der Waals surface area contributed by atoms with Crippen LogP contribution in [0.25, 0.3) is 0 Å². The highest BCUT2D eigenvalue weighted by atomic mass is 16.2. The minimum atomic E-state index is 0.0146. The first-order chi connectivity index (χ1) is 9.60. The number of nitrogens with zero attached hydrogens (tertiary/aromatic N) is 5. The molecule has 0 bridgehead atoms. The minimum Gasteiger partial charge on any atom is -0.344 e. The lowest BCUT2D eigenvalue weighted by Crippen LogP contribution is -2.44. The van der Waals surface area contributed by atoms with Gasteiger partial charge in [-0.1, -0.05) is 0 Å². The van der Waals surface area contributed by atoms with Crippen LogP contribution < -0.4 is 5.32 Å². The lowest BCUT2D eigenvalue weighted by Gasteiger charge is -2.24. The van der Waals surface area contributed by atoms with E-state index < -0.39 is 0 Å². The van der Waals surface area contributed by atoms with Gasteiger partial charge in [-0.3, -0.25) is 4.79 Å². The highest BCUT2D eigenvalue weighted by Crippen LogP contribution is 2.12. The van der Waals surface area contributed by atoms with Gasteiger partial charge in [0.05, 0.1) is 25.6 Å². The number of hydrogen-bond acceptors (Lipinski definition) is 5. The molecule has 7 heteroatoms. The van der Waals surface area contributed by atoms with Gasteiger partial charge in [0, 0.05) is 26.1 Å². The number of hydrogen-bond donors (Lipinski definition) is 1. The van der Waals surface area contributed by atoms with E-state index in [1.54, 1.807) is 11.9 Å². The fourth-order valence-electron chi connectivity index (χ4n) is 2.31. The summed E-state index contributed by atoms with van der Waals surface area (Å²) in [6, 6.07) is 2.29. The van der Waals surface area contributed by atoms with Gasteiger partial charge in [0.25, 0.3) is 0 Å². The summed E-state index contributed by atoms with van der Waals surface area (Å²) in [6.07, 6.45) is 2.22. The zero-order valence-corrected chi connectivity index (χ0v) is 12.0. The van der Waals surface area contributed by atoms with Gasteiger partial charge in [-0.15, -0.1) is 0 Å². The highest BCUT2D eigenvalue weighted by molar-refractivity contribution is 5.78. The van der Waals surface area contributed by atoms with Crippen LogP contribution in [-0.2, 0) is 17.8 Å². The topological polar surface area (TPSA) is 86.8 Å². The van der Waals surface area contributed by atoms with E-state index in [1.165, 1.54) is 0 Å². The minimum absolute atomic E-state index is 0.0146. The third-order valence-electron chi connectivity index (χ3n) is 3.49. The molecule has 0 aromatic carbocycles. The van der Waals surface area contributed by atoms with Crippen LogP contribution in [0.3, 0.4) is 0 Å². The molecule has 20 heavy (non-hydrogen) atoms. The van der Waals surface area contributed by atoms with Crippen LogP contribution in [0.5, 0.6) is 0 Å². The quantitative estimate of drug-likeness (QED) is 0.809. The van der Waals surface area contributed by atoms with E-state index >= 15 is 0 Å². The van der Waals surface area contributed by atoms with Crippen LogP contribution in [-0.4, -0.2) is 51.8 Å². The van der Waals surface area contributed by atoms with Crippen LogP contribution in [0.15, 0.2) is 0 Å². The second-order valence-electron chi connectivity index (χ2n) is 5.10. The maximum atomic E-state index is 11.9. The molecule has 0 saturated heterocycles. The molecule has 108 valence electrons. The van der Waals surface area contributed by atoms with Gasteiger partial charge < -0.3 is 10.2 Å². The lowest BCUT2D eigenvalue weighted by atomic mass is 10.1. The molecule has 1 amide bonds. The molecule has 2 heterocycles. The van der Waals surface area contributed by atoms with Crippen LogP contribution in [0, 0.1) is 18.3 Å². The maximum absolute atomic E-state index is 11.9. The summed E-state index contributed by atoms with van der Waals surface area (Å²) in [7, 11) is 1.72. The normalized spacial score (nSPS) is 17.4. The largest absolute Gasteiger partial charge is 0.344 e. The molecule has 1 atom stereocenters. The van der Waals surface area contributed by atoms with E-state index in [2.05, 4.69) is 15.4 Å². The molecule has 2 rings (SSSR count). The first-order valence-electron chi connectivity index (χ1n) is 6.84. The van der Waals surface area contributed by atoms with E-state index in [-0.39, 0.29) is 11.9 Å². The number of fused-ring (bicyclic) bond motifs is 1. The number of aryl methyl sites for hydroxylation is 2. The molecule has 1 N–H and O–H groups in total. The summed E-state index contributed by atoms with van der Waals surface area (Å²) in [4.78, 5) is 17.8. The predicted octanol–water partition coefficient (Wildman–Crippen LogP) is -0.137. The maximum Gasteiger partial charge on any atom is 0.236 e. The summed E-state index contributed by atoms with van der Waals surface area (Å²) in [5.41, 5.74) is 0. The van der Waals surface area contributed by atoms with Gasteiger partial charge in [-0.25, -0.2) is 9.67 Å². The van der Waals surface area contributed by atoms with Gasteiger partial charge >= 0.3 is 0 Å². The third kappa shape index (κ3) is 3.54. The summed E-state index contributed by atoms with van der Waals surface area (Å²) < 4.78 is 1.92. The molecule has 0 aliphatic carbocycles. The molecule has 1 aromatic rings. The Bertz CT molecular complexity index is 517. The van der Waals surface area contributed by atoms with Crippen LogP contribution >= 0.6 is 0 Å². The lowest BCUT2D eigenvalue weighted by molar-refractivity contribution is -0.129. The van der Waals surface area contributed by atoms with Crippen molar-refractivity contribution in [3.63, 3.8) is 0 Å². The van der Waals surface area contributed by atoms with Gasteiger partial charge in [0.2, 0.25) is 5.91 Å². The number of carbonyl (C=O) groups is 1. The number of aromatic nitrogens is 3. The Balaban J connectivity index is 1.78. The van der Waals surface area contributed by atoms with Crippen molar-refractivity contribution >= 4 is 5.91 Å². The average Bonchev–Trinajstić information content (AvgIpc) is 2.81. The smallest absolute Gasteiger partial charge is 0.236 e. The predicted molar refractivity (Wildman–Crippen MR) is 72.7 cm³/mol. The van der Waals surface area contributed by atoms with Gasteiger partial charge in [0.1, 0.15) is 11.6 Å². The Morgan fingerprint density at radius 3 is 3.20 bits per heavy atom. The Labute approximate surface area is 118 Å². The summed E-state index contributed by atoms with van der Waals surface area (Å²) in [5, 5.41) is 16.1. The fourth-order valence-corrected chi connectivity index (χ4v) is 2.31. The Hall–Kier alpha value is -1.94. The van der Waals surface area contributed by atoms with Crippen molar-refractivity contribution < 1.29 is 4.79 Å². The molecule has 0 radical (unpaired) electrons. The molecule has 1 unspecified atom stereocenters. The number of nitriles is 1. The Morgan fingerprint density at radius 1 is 1.65 bits per heavy atom. The molecule has 1 aliphatic rings. The number of rotatable bonds is 5. The van der Waals surface area contributed by atoms with E-state index in [4.69, 9.17) is 5.26 Å². The summed E-state index contributed by atoms with van der Waals surface area (Å²) in [5.74, 6) is 1.84. The first-order valence-corrected chi connectivity index (χ1v) is 6.84. The van der Waals surface area contributed by atoms with E-state index in [0.29, 0.717) is 19.5 Å². The van der Waals surface area contributed by atoms with Crippen molar-refractivity contribution in [3.8, 4) is 6.07 Å². The molecule has 0 fully saturated rings. The number of nitrogens with one attached hydrogen (secondary N) is 1. The third-order valence-corrected chi connectivity index (χ3v) is 3.49. The highest BCUT2D eigenvalue weighted by Gasteiger charge is 2.21. The zero-order valence-electron chi connectivity index (χ0n) is 12.0. The number of amides is 1. The zero-order chi connectivity index (χ0) is 14.5. The molecular weight excluding hydrogens is 256 g/mol. The van der Waals surface area contributed by atoms with Crippen molar-refractivity contribution in [2.75, 3.05) is 20.1 Å². The molecular formula is C13H20N6O. The molecule has 7 nitrogen and oxygen atoms in total. The average molecular weight is 276 g/mol. The standard InChI is InChI=1S/C13H20N6O/c1-10-16-12-5-4-11(9-19(12)17-10)15-8-13(20)18(2)7-3-6-14/h11,15H,3-5,7-9H2,1-2H3. The number of carbonyl (C=O) groups excluding carboxylic acids is 1. The SMILES string of the molecule is Cc1nc2n(n1)CC(NCC(=O)N(C)CCC#N)CC2. The molecule has 0 spiro atoms. The van der Waals surface area contributed by atoms with Crippen molar-refractivity contribution in [2.45, 2.75) is 38.8 Å². The first kappa shape index (κ1) is 14.5. The Morgan fingerprint density at radius 2 is 2.45 bits per heavy atom. The van der Waals surface area contributed by atoms with Crippen LogP contribution in [0.2, 0.25) is 0 Å². The second kappa shape index (κ2) is 6.48. The fraction of sp³-hybridized carbons (Fsp3) is 0.692. The monoisotopic (exact) mass is 276 g/mol. The number of likely N-dealkylation sites (N-methyl/N-ethyl adjacent to an activating group) is 1. The van der Waals surface area contributed by atoms with E-state index in [0.717, 1.165) is 31.0 Å². The van der Waals surface area contributed by atoms with Crippen LogP contribution in [0.1, 0.15) is 24.5 Å². The second-order valence-corrected chi connectivity index (χ2v) is 5.10.